The van der Waals surface area contributed by atoms with Gasteiger partial charge in [-0.2, -0.15) is 0 Å². The van der Waals surface area contributed by atoms with E-state index in [0.717, 1.165) is 37.0 Å². The minimum Gasteiger partial charge on any atom is -0.481 e. The summed E-state index contributed by atoms with van der Waals surface area (Å²) in [5.74, 6) is 2.22. The lowest BCUT2D eigenvalue weighted by Crippen LogP contribution is -2.37. The summed E-state index contributed by atoms with van der Waals surface area (Å²) >= 11 is 0. The minimum absolute atomic E-state index is 0.552. The predicted molar refractivity (Wildman–Crippen MR) is 87.7 cm³/mol. The van der Waals surface area contributed by atoms with Gasteiger partial charge in [0.2, 0.25) is 5.88 Å². The van der Waals surface area contributed by atoms with Gasteiger partial charge >= 0.3 is 0 Å². The van der Waals surface area contributed by atoms with Gasteiger partial charge in [0.25, 0.3) is 0 Å². The number of methoxy groups -OCH3 is 1. The Morgan fingerprint density at radius 2 is 2.19 bits per heavy atom. The average molecular weight is 292 g/mol. The molecule has 1 aromatic heterocycles. The maximum Gasteiger partial charge on any atom is 0.218 e. The van der Waals surface area contributed by atoms with Crippen molar-refractivity contribution in [1.82, 2.24) is 15.6 Å². The van der Waals surface area contributed by atoms with Crippen LogP contribution < -0.4 is 15.4 Å². The largest absolute Gasteiger partial charge is 0.481 e. The van der Waals surface area contributed by atoms with Crippen molar-refractivity contribution in [3.63, 3.8) is 0 Å². The van der Waals surface area contributed by atoms with Crippen LogP contribution in [0.25, 0.3) is 0 Å². The Labute approximate surface area is 128 Å². The summed E-state index contributed by atoms with van der Waals surface area (Å²) in [6, 6.07) is 3.88. The van der Waals surface area contributed by atoms with Crippen molar-refractivity contribution in [1.29, 1.82) is 0 Å². The van der Waals surface area contributed by atoms with Crippen molar-refractivity contribution in [2.75, 3.05) is 20.2 Å². The molecule has 0 aliphatic heterocycles. The maximum atomic E-state index is 5.24. The van der Waals surface area contributed by atoms with Gasteiger partial charge in [-0.3, -0.25) is 0 Å². The van der Waals surface area contributed by atoms with E-state index in [-0.39, 0.29) is 0 Å². The molecule has 0 unspecified atom stereocenters. The number of pyridine rings is 1. The SMILES string of the molecule is CCNC(=NCc1cccnc1OC)NCCCC(C)C. The van der Waals surface area contributed by atoms with E-state index in [9.17, 15) is 0 Å². The van der Waals surface area contributed by atoms with Crippen molar-refractivity contribution in [3.8, 4) is 5.88 Å². The Hall–Kier alpha value is -1.78. The zero-order valence-electron chi connectivity index (χ0n) is 13.6. The van der Waals surface area contributed by atoms with Crippen molar-refractivity contribution >= 4 is 5.96 Å². The third-order valence-corrected chi connectivity index (χ3v) is 3.05. The molecule has 5 nitrogen and oxygen atoms in total. The molecule has 1 heterocycles. The van der Waals surface area contributed by atoms with Crippen molar-refractivity contribution in [2.45, 2.75) is 40.2 Å². The van der Waals surface area contributed by atoms with Gasteiger partial charge in [-0.05, 0) is 31.7 Å². The zero-order chi connectivity index (χ0) is 15.5. The van der Waals surface area contributed by atoms with Crippen molar-refractivity contribution in [2.24, 2.45) is 10.9 Å². The zero-order valence-corrected chi connectivity index (χ0v) is 13.6. The van der Waals surface area contributed by atoms with E-state index in [1.54, 1.807) is 13.3 Å². The smallest absolute Gasteiger partial charge is 0.218 e. The van der Waals surface area contributed by atoms with Gasteiger partial charge in [0.1, 0.15) is 0 Å². The molecule has 5 heteroatoms. The second kappa shape index (κ2) is 10.0. The monoisotopic (exact) mass is 292 g/mol. The van der Waals surface area contributed by atoms with Gasteiger partial charge in [0.05, 0.1) is 13.7 Å². The highest BCUT2D eigenvalue weighted by atomic mass is 16.5. The third kappa shape index (κ3) is 6.97. The lowest BCUT2D eigenvalue weighted by molar-refractivity contribution is 0.392. The quantitative estimate of drug-likeness (QED) is 0.439. The summed E-state index contributed by atoms with van der Waals surface area (Å²) in [5.41, 5.74) is 0.986. The van der Waals surface area contributed by atoms with E-state index in [2.05, 4.69) is 41.4 Å². The maximum absolute atomic E-state index is 5.24. The molecule has 0 atom stereocenters. The number of nitrogens with one attached hydrogen (secondary N) is 2. The van der Waals surface area contributed by atoms with Crippen molar-refractivity contribution in [3.05, 3.63) is 23.9 Å². The Balaban J connectivity index is 2.54. The molecule has 0 aliphatic carbocycles. The van der Waals surface area contributed by atoms with Crippen LogP contribution in [0.5, 0.6) is 5.88 Å². The van der Waals surface area contributed by atoms with E-state index in [1.807, 2.05) is 12.1 Å². The number of nitrogens with zero attached hydrogens (tertiary/aromatic N) is 2. The molecular formula is C16H28N4O. The number of rotatable bonds is 8. The lowest BCUT2D eigenvalue weighted by Gasteiger charge is -2.12. The van der Waals surface area contributed by atoms with E-state index < -0.39 is 0 Å². The van der Waals surface area contributed by atoms with Crippen LogP contribution in [0.15, 0.2) is 23.3 Å². The molecule has 0 spiro atoms. The Kier molecular flexibility index (Phi) is 8.24. The van der Waals surface area contributed by atoms with Crippen LogP contribution in [0.1, 0.15) is 39.2 Å². The molecule has 0 aliphatic rings. The summed E-state index contributed by atoms with van der Waals surface area (Å²) in [6.07, 6.45) is 4.10. The topological polar surface area (TPSA) is 58.5 Å². The number of hydrogen-bond acceptors (Lipinski definition) is 3. The van der Waals surface area contributed by atoms with Gasteiger partial charge in [-0.1, -0.05) is 19.9 Å². The summed E-state index contributed by atoms with van der Waals surface area (Å²) in [4.78, 5) is 8.77. The van der Waals surface area contributed by atoms with Crippen molar-refractivity contribution < 1.29 is 4.74 Å². The normalized spacial score (nSPS) is 11.6. The lowest BCUT2D eigenvalue weighted by atomic mass is 10.1. The molecule has 0 radical (unpaired) electrons. The summed E-state index contributed by atoms with van der Waals surface area (Å²) < 4.78 is 5.24. The number of hydrogen-bond donors (Lipinski definition) is 2. The first kappa shape index (κ1) is 17.3. The molecule has 0 aromatic carbocycles. The van der Waals surface area contributed by atoms with Gasteiger partial charge < -0.3 is 15.4 Å². The molecule has 0 saturated heterocycles. The summed E-state index contributed by atoms with van der Waals surface area (Å²) in [5, 5.41) is 6.62. The van der Waals surface area contributed by atoms with Gasteiger partial charge in [-0.15, -0.1) is 0 Å². The first-order valence-corrected chi connectivity index (χ1v) is 7.67. The van der Waals surface area contributed by atoms with Crippen LogP contribution in [0.4, 0.5) is 0 Å². The van der Waals surface area contributed by atoms with E-state index in [4.69, 9.17) is 4.74 Å². The molecule has 0 amide bonds. The molecule has 1 rings (SSSR count). The van der Waals surface area contributed by atoms with Crippen LogP contribution in [0.2, 0.25) is 0 Å². The van der Waals surface area contributed by atoms with Crippen LogP contribution in [0, 0.1) is 5.92 Å². The van der Waals surface area contributed by atoms with E-state index in [1.165, 1.54) is 6.42 Å². The highest BCUT2D eigenvalue weighted by Crippen LogP contribution is 2.14. The molecule has 0 fully saturated rings. The standard InChI is InChI=1S/C16H28N4O/c1-5-17-16(19-11-6-8-13(2)3)20-12-14-9-7-10-18-15(14)21-4/h7,9-10,13H,5-6,8,11-12H2,1-4H3,(H2,17,19,20). The fourth-order valence-electron chi connectivity index (χ4n) is 1.95. The highest BCUT2D eigenvalue weighted by Gasteiger charge is 2.03. The predicted octanol–water partition coefficient (Wildman–Crippen LogP) is 2.58. The molecule has 0 bridgehead atoms. The van der Waals surface area contributed by atoms with Gasteiger partial charge in [-0.25, -0.2) is 9.98 Å². The minimum atomic E-state index is 0.552. The van der Waals surface area contributed by atoms with E-state index >= 15 is 0 Å². The fourth-order valence-corrected chi connectivity index (χ4v) is 1.95. The average Bonchev–Trinajstić information content (AvgIpc) is 2.49. The number of ether oxygens (including phenoxy) is 1. The fraction of sp³-hybridized carbons (Fsp3) is 0.625. The number of aliphatic imine (C=N–C) groups is 1. The summed E-state index contributed by atoms with van der Waals surface area (Å²) in [6.45, 7) is 8.89. The molecule has 0 saturated carbocycles. The van der Waals surface area contributed by atoms with Crippen LogP contribution in [-0.4, -0.2) is 31.1 Å². The van der Waals surface area contributed by atoms with Gasteiger partial charge in [0, 0.05) is 24.8 Å². The molecule has 21 heavy (non-hydrogen) atoms. The first-order valence-electron chi connectivity index (χ1n) is 7.67. The second-order valence-corrected chi connectivity index (χ2v) is 5.33. The number of guanidine groups is 1. The molecule has 1 aromatic rings. The molecular weight excluding hydrogens is 264 g/mol. The first-order chi connectivity index (χ1) is 10.2. The van der Waals surface area contributed by atoms with E-state index in [0.29, 0.717) is 12.4 Å². The molecule has 2 N–H and O–H groups in total. The highest BCUT2D eigenvalue weighted by molar-refractivity contribution is 5.79. The molecule has 118 valence electrons. The Bertz CT molecular complexity index is 432. The van der Waals surface area contributed by atoms with Crippen LogP contribution in [-0.2, 0) is 6.54 Å². The Morgan fingerprint density at radius 3 is 2.86 bits per heavy atom. The Morgan fingerprint density at radius 1 is 1.38 bits per heavy atom. The van der Waals surface area contributed by atoms with Gasteiger partial charge in [0.15, 0.2) is 5.96 Å². The number of aromatic nitrogens is 1. The summed E-state index contributed by atoms with van der Waals surface area (Å²) in [7, 11) is 1.63. The van der Waals surface area contributed by atoms with Crippen LogP contribution in [0.3, 0.4) is 0 Å². The third-order valence-electron chi connectivity index (χ3n) is 3.05. The van der Waals surface area contributed by atoms with Crippen LogP contribution >= 0.6 is 0 Å². The second-order valence-electron chi connectivity index (χ2n) is 5.33.